The molecule has 2 aromatic carbocycles. The van der Waals surface area contributed by atoms with Crippen LogP contribution in [0.2, 0.25) is 0 Å². The quantitative estimate of drug-likeness (QED) is 0.698. The highest BCUT2D eigenvalue weighted by Gasteiger charge is 2.38. The highest BCUT2D eigenvalue weighted by molar-refractivity contribution is 7.89. The zero-order chi connectivity index (χ0) is 21.2. The van der Waals surface area contributed by atoms with Crippen LogP contribution >= 0.6 is 0 Å². The number of hydrogen-bond donors (Lipinski definition) is 0. The van der Waals surface area contributed by atoms with Crippen LogP contribution in [0.4, 0.5) is 0 Å². The first-order valence-corrected chi connectivity index (χ1v) is 12.8. The molecule has 1 aliphatic rings. The molecule has 6 nitrogen and oxygen atoms in total. The van der Waals surface area contributed by atoms with Gasteiger partial charge < -0.3 is 0 Å². The highest BCUT2D eigenvalue weighted by Crippen LogP contribution is 2.25. The van der Waals surface area contributed by atoms with Gasteiger partial charge in [0.25, 0.3) is 0 Å². The minimum Gasteiger partial charge on any atom is -0.207 e. The van der Waals surface area contributed by atoms with Crippen LogP contribution in [0.15, 0.2) is 58.3 Å². The van der Waals surface area contributed by atoms with Gasteiger partial charge in [-0.1, -0.05) is 38.1 Å². The number of hydrogen-bond acceptors (Lipinski definition) is 4. The predicted octanol–water partition coefficient (Wildman–Crippen LogP) is 2.90. The Balaban J connectivity index is 1.78. The van der Waals surface area contributed by atoms with E-state index in [0.717, 1.165) is 24.0 Å². The van der Waals surface area contributed by atoms with E-state index in [1.807, 2.05) is 38.1 Å². The molecular formula is C21H28N2O4S2. The number of nitrogens with zero attached hydrogens (tertiary/aromatic N) is 2. The van der Waals surface area contributed by atoms with Crippen LogP contribution < -0.4 is 0 Å². The van der Waals surface area contributed by atoms with E-state index in [9.17, 15) is 16.8 Å². The van der Waals surface area contributed by atoms with Gasteiger partial charge in [0.15, 0.2) is 0 Å². The van der Waals surface area contributed by atoms with Gasteiger partial charge in [-0.2, -0.15) is 8.61 Å². The van der Waals surface area contributed by atoms with Crippen molar-refractivity contribution in [3.05, 3.63) is 59.7 Å². The fraction of sp³-hybridized carbons (Fsp3) is 0.429. The molecule has 1 atom stereocenters. The molecule has 0 aromatic heterocycles. The second-order valence-electron chi connectivity index (χ2n) is 7.32. The summed E-state index contributed by atoms with van der Waals surface area (Å²) in [4.78, 5) is 0.487. The lowest BCUT2D eigenvalue weighted by Crippen LogP contribution is -2.55. The van der Waals surface area contributed by atoms with E-state index in [0.29, 0.717) is 0 Å². The topological polar surface area (TPSA) is 74.8 Å². The Hall–Kier alpha value is -1.74. The van der Waals surface area contributed by atoms with Crippen LogP contribution in [0.5, 0.6) is 0 Å². The van der Waals surface area contributed by atoms with Crippen molar-refractivity contribution in [2.45, 2.75) is 49.4 Å². The van der Waals surface area contributed by atoms with Gasteiger partial charge in [-0.05, 0) is 55.2 Å². The summed E-state index contributed by atoms with van der Waals surface area (Å²) in [7, 11) is -7.32. The molecule has 1 aliphatic heterocycles. The maximum atomic E-state index is 13.1. The smallest absolute Gasteiger partial charge is 0.207 e. The lowest BCUT2D eigenvalue weighted by atomic mass is 10.2. The highest BCUT2D eigenvalue weighted by atomic mass is 32.2. The third kappa shape index (κ3) is 4.40. The van der Waals surface area contributed by atoms with E-state index in [4.69, 9.17) is 0 Å². The van der Waals surface area contributed by atoms with E-state index >= 15 is 0 Å². The van der Waals surface area contributed by atoms with Gasteiger partial charge in [0.2, 0.25) is 20.0 Å². The molecule has 0 saturated carbocycles. The molecule has 0 amide bonds. The number of aryl methyl sites for hydroxylation is 2. The molecule has 0 unspecified atom stereocenters. The zero-order valence-electron chi connectivity index (χ0n) is 17.1. The molecule has 0 aliphatic carbocycles. The normalized spacial score (nSPS) is 19.3. The Bertz CT molecular complexity index is 1050. The van der Waals surface area contributed by atoms with Crippen LogP contribution in [0.1, 0.15) is 31.9 Å². The van der Waals surface area contributed by atoms with Crippen LogP contribution in [0, 0.1) is 0 Å². The molecule has 1 fully saturated rings. The summed E-state index contributed by atoms with van der Waals surface area (Å²) in [5.74, 6) is 0. The maximum Gasteiger partial charge on any atom is 0.243 e. The van der Waals surface area contributed by atoms with Crippen molar-refractivity contribution in [1.29, 1.82) is 0 Å². The van der Waals surface area contributed by atoms with Crippen molar-refractivity contribution in [1.82, 2.24) is 8.61 Å². The largest absolute Gasteiger partial charge is 0.243 e. The van der Waals surface area contributed by atoms with Crippen molar-refractivity contribution in [3.63, 3.8) is 0 Å². The molecule has 0 radical (unpaired) electrons. The van der Waals surface area contributed by atoms with Crippen molar-refractivity contribution in [2.75, 3.05) is 19.6 Å². The molecule has 0 N–H and O–H groups in total. The molecule has 29 heavy (non-hydrogen) atoms. The number of sulfonamides is 2. The summed E-state index contributed by atoms with van der Waals surface area (Å²) in [6.45, 7) is 6.17. The summed E-state index contributed by atoms with van der Waals surface area (Å²) in [6.07, 6.45) is 1.68. The fourth-order valence-corrected chi connectivity index (χ4v) is 6.69. The van der Waals surface area contributed by atoms with Crippen molar-refractivity contribution >= 4 is 20.0 Å². The monoisotopic (exact) mass is 436 g/mol. The van der Waals surface area contributed by atoms with Gasteiger partial charge in [0.1, 0.15) is 0 Å². The van der Waals surface area contributed by atoms with Gasteiger partial charge in [0.05, 0.1) is 9.79 Å². The molecule has 3 rings (SSSR count). The number of rotatable bonds is 6. The third-order valence-electron chi connectivity index (χ3n) is 5.44. The van der Waals surface area contributed by atoms with Crippen LogP contribution in [-0.4, -0.2) is 51.1 Å². The first kappa shape index (κ1) is 22.0. The Kier molecular flexibility index (Phi) is 6.48. The summed E-state index contributed by atoms with van der Waals surface area (Å²) in [5.41, 5.74) is 2.14. The van der Waals surface area contributed by atoms with E-state index in [-0.39, 0.29) is 29.4 Å². The Morgan fingerprint density at radius 1 is 0.759 bits per heavy atom. The minimum absolute atomic E-state index is 0.129. The Morgan fingerprint density at radius 3 is 1.62 bits per heavy atom. The predicted molar refractivity (Wildman–Crippen MR) is 114 cm³/mol. The standard InChI is InChI=1S/C21H28N2O4S2/c1-4-18-6-10-20(11-7-18)28(24,25)22-14-15-23(17(3)16-22)29(26,27)21-12-8-19(5-2)9-13-21/h6-13,17H,4-5,14-16H2,1-3H3/t17-/m0/s1. The van der Waals surface area contributed by atoms with Crippen LogP contribution in [0.3, 0.4) is 0 Å². The molecular weight excluding hydrogens is 408 g/mol. The molecule has 2 aromatic rings. The van der Waals surface area contributed by atoms with Crippen molar-refractivity contribution < 1.29 is 16.8 Å². The van der Waals surface area contributed by atoms with Gasteiger partial charge in [-0.3, -0.25) is 0 Å². The third-order valence-corrected chi connectivity index (χ3v) is 9.34. The first-order valence-electron chi connectivity index (χ1n) is 9.90. The lowest BCUT2D eigenvalue weighted by molar-refractivity contribution is 0.212. The van der Waals surface area contributed by atoms with Crippen molar-refractivity contribution in [3.8, 4) is 0 Å². The number of piperazine rings is 1. The van der Waals surface area contributed by atoms with Gasteiger partial charge in [-0.15, -0.1) is 0 Å². The van der Waals surface area contributed by atoms with E-state index in [1.165, 1.54) is 8.61 Å². The molecule has 1 saturated heterocycles. The second-order valence-corrected chi connectivity index (χ2v) is 11.2. The summed E-state index contributed by atoms with van der Waals surface area (Å²) < 4.78 is 54.9. The van der Waals surface area contributed by atoms with Gasteiger partial charge in [-0.25, -0.2) is 16.8 Å². The van der Waals surface area contributed by atoms with Gasteiger partial charge >= 0.3 is 0 Å². The van der Waals surface area contributed by atoms with E-state index in [1.54, 1.807) is 31.2 Å². The fourth-order valence-electron chi connectivity index (χ4n) is 3.56. The average molecular weight is 437 g/mol. The zero-order valence-corrected chi connectivity index (χ0v) is 18.7. The van der Waals surface area contributed by atoms with Crippen LogP contribution in [0.25, 0.3) is 0 Å². The first-order chi connectivity index (χ1) is 13.7. The SMILES string of the molecule is CCc1ccc(S(=O)(=O)N2CCN(S(=O)(=O)c3ccc(CC)cc3)[C@@H](C)C2)cc1. The molecule has 1 heterocycles. The van der Waals surface area contributed by atoms with Gasteiger partial charge in [0, 0.05) is 25.7 Å². The summed E-state index contributed by atoms with van der Waals surface area (Å²) in [6, 6.07) is 13.3. The Labute approximate surface area is 174 Å². The second kappa shape index (κ2) is 8.55. The number of benzene rings is 2. The maximum absolute atomic E-state index is 13.1. The van der Waals surface area contributed by atoms with E-state index < -0.39 is 26.1 Å². The molecule has 0 spiro atoms. The molecule has 8 heteroatoms. The summed E-state index contributed by atoms with van der Waals surface area (Å²) >= 11 is 0. The molecule has 158 valence electrons. The minimum atomic E-state index is -3.67. The summed E-state index contributed by atoms with van der Waals surface area (Å²) in [5, 5.41) is 0. The van der Waals surface area contributed by atoms with E-state index in [2.05, 4.69) is 0 Å². The average Bonchev–Trinajstić information content (AvgIpc) is 2.73. The Morgan fingerprint density at radius 2 is 1.21 bits per heavy atom. The van der Waals surface area contributed by atoms with Crippen LogP contribution in [-0.2, 0) is 32.9 Å². The lowest BCUT2D eigenvalue weighted by Gasteiger charge is -2.38. The molecule has 0 bridgehead atoms. The van der Waals surface area contributed by atoms with Crippen molar-refractivity contribution in [2.24, 2.45) is 0 Å².